The van der Waals surface area contributed by atoms with Crippen molar-refractivity contribution in [2.75, 3.05) is 26.4 Å². The highest BCUT2D eigenvalue weighted by molar-refractivity contribution is 5.80. The molecule has 1 aromatic carbocycles. The highest BCUT2D eigenvalue weighted by atomic mass is 19.4. The van der Waals surface area contributed by atoms with E-state index in [0.29, 0.717) is 24.8 Å². The second-order valence-corrected chi connectivity index (χ2v) is 8.19. The smallest absolute Gasteiger partial charge is 0.364 e. The van der Waals surface area contributed by atoms with Crippen molar-refractivity contribution >= 4 is 5.91 Å². The van der Waals surface area contributed by atoms with E-state index in [1.165, 1.54) is 0 Å². The number of nitrogens with one attached hydrogen (secondary N) is 1. The number of rotatable bonds is 3. The van der Waals surface area contributed by atoms with Crippen molar-refractivity contribution in [2.45, 2.75) is 49.7 Å². The molecule has 27 heavy (non-hydrogen) atoms. The number of hydrogen-bond donors (Lipinski definition) is 1. The predicted octanol–water partition coefficient (Wildman–Crippen LogP) is 3.22. The molecule has 1 N–H and O–H groups in total. The van der Waals surface area contributed by atoms with E-state index in [0.717, 1.165) is 44.3 Å². The third kappa shape index (κ3) is 4.14. The average molecular weight is 382 g/mol. The molecule has 4 rings (SSSR count). The van der Waals surface area contributed by atoms with E-state index in [9.17, 15) is 18.0 Å². The standard InChI is InChI=1S/C20H25F3N2O2/c21-20(22,23)9-14-1-3-15(4-2-14)16-5-7-25(8-6-16)18(26)17-10-19(11-17)12-27-13-24-19/h1-4,16-17,24H,5-13H2/t17-,19+. The Morgan fingerprint density at radius 1 is 1.19 bits per heavy atom. The Morgan fingerprint density at radius 3 is 2.41 bits per heavy atom. The highest BCUT2D eigenvalue weighted by Crippen LogP contribution is 2.41. The first-order valence-electron chi connectivity index (χ1n) is 9.61. The number of piperidine rings is 1. The Balaban J connectivity index is 1.27. The van der Waals surface area contributed by atoms with Crippen LogP contribution < -0.4 is 5.32 Å². The lowest BCUT2D eigenvalue weighted by Gasteiger charge is -2.45. The lowest BCUT2D eigenvalue weighted by atomic mass is 9.68. The minimum absolute atomic E-state index is 0.0246. The van der Waals surface area contributed by atoms with Gasteiger partial charge in [0.05, 0.1) is 19.8 Å². The summed E-state index contributed by atoms with van der Waals surface area (Å²) in [5, 5.41) is 3.34. The molecule has 7 heteroatoms. The highest BCUT2D eigenvalue weighted by Gasteiger charge is 2.50. The van der Waals surface area contributed by atoms with E-state index in [2.05, 4.69) is 5.32 Å². The second kappa shape index (κ2) is 7.09. The number of likely N-dealkylation sites (tertiary alicyclic amines) is 1. The number of halogens is 3. The number of ether oxygens (including phenoxy) is 1. The van der Waals surface area contributed by atoms with Gasteiger partial charge in [-0.3, -0.25) is 10.1 Å². The van der Waals surface area contributed by atoms with Crippen LogP contribution in [0.25, 0.3) is 0 Å². The number of alkyl halides is 3. The number of hydrogen-bond acceptors (Lipinski definition) is 3. The van der Waals surface area contributed by atoms with Crippen LogP contribution in [0.15, 0.2) is 24.3 Å². The fourth-order valence-electron chi connectivity index (χ4n) is 4.65. The second-order valence-electron chi connectivity index (χ2n) is 8.19. The molecule has 3 aliphatic rings. The van der Waals surface area contributed by atoms with Gasteiger partial charge in [-0.15, -0.1) is 0 Å². The fraction of sp³-hybridized carbons (Fsp3) is 0.650. The van der Waals surface area contributed by atoms with Gasteiger partial charge in [0.15, 0.2) is 0 Å². The van der Waals surface area contributed by atoms with E-state index in [1.54, 1.807) is 12.1 Å². The van der Waals surface area contributed by atoms with Crippen molar-refractivity contribution in [3.63, 3.8) is 0 Å². The van der Waals surface area contributed by atoms with Crippen LogP contribution in [-0.2, 0) is 16.0 Å². The van der Waals surface area contributed by atoms with Crippen molar-refractivity contribution in [1.29, 1.82) is 0 Å². The molecule has 2 heterocycles. The number of nitrogens with zero attached hydrogens (tertiary/aromatic N) is 1. The molecule has 3 fully saturated rings. The molecule has 0 aromatic heterocycles. The van der Waals surface area contributed by atoms with E-state index >= 15 is 0 Å². The van der Waals surface area contributed by atoms with Crippen molar-refractivity contribution in [3.05, 3.63) is 35.4 Å². The zero-order valence-electron chi connectivity index (χ0n) is 15.2. The molecule has 2 aliphatic heterocycles. The Labute approximate surface area is 157 Å². The van der Waals surface area contributed by atoms with Gasteiger partial charge in [-0.25, -0.2) is 0 Å². The maximum Gasteiger partial charge on any atom is 0.393 e. The molecule has 0 bridgehead atoms. The summed E-state index contributed by atoms with van der Waals surface area (Å²) in [6.07, 6.45) is -1.62. The first kappa shape index (κ1) is 18.7. The number of amides is 1. The van der Waals surface area contributed by atoms with Crippen LogP contribution in [0, 0.1) is 5.92 Å². The van der Waals surface area contributed by atoms with Gasteiger partial charge in [0.25, 0.3) is 0 Å². The minimum Gasteiger partial charge on any atom is -0.364 e. The molecule has 1 aromatic rings. The molecule has 1 aliphatic carbocycles. The third-order valence-corrected chi connectivity index (χ3v) is 6.21. The molecule has 1 amide bonds. The van der Waals surface area contributed by atoms with Gasteiger partial charge in [0, 0.05) is 24.5 Å². The molecule has 1 saturated carbocycles. The van der Waals surface area contributed by atoms with Crippen LogP contribution in [0.4, 0.5) is 13.2 Å². The zero-order chi connectivity index (χ0) is 19.1. The Kier molecular flexibility index (Phi) is 4.93. The van der Waals surface area contributed by atoms with E-state index in [-0.39, 0.29) is 17.4 Å². The van der Waals surface area contributed by atoms with Crippen LogP contribution in [0.5, 0.6) is 0 Å². The summed E-state index contributed by atoms with van der Waals surface area (Å²) in [4.78, 5) is 14.7. The van der Waals surface area contributed by atoms with Crippen LogP contribution in [0.3, 0.4) is 0 Å². The largest absolute Gasteiger partial charge is 0.393 e. The van der Waals surface area contributed by atoms with Gasteiger partial charge in [-0.1, -0.05) is 24.3 Å². The van der Waals surface area contributed by atoms with Crippen LogP contribution in [0.2, 0.25) is 0 Å². The normalized spacial score (nSPS) is 29.1. The first-order chi connectivity index (χ1) is 12.8. The van der Waals surface area contributed by atoms with E-state index in [4.69, 9.17) is 4.74 Å². The molecule has 0 radical (unpaired) electrons. The molecule has 0 atom stereocenters. The molecule has 4 nitrogen and oxygen atoms in total. The monoisotopic (exact) mass is 382 g/mol. The van der Waals surface area contributed by atoms with E-state index < -0.39 is 12.6 Å². The van der Waals surface area contributed by atoms with Crippen LogP contribution >= 0.6 is 0 Å². The lowest BCUT2D eigenvalue weighted by Crippen LogP contribution is -2.58. The molecule has 1 spiro atoms. The molecule has 2 saturated heterocycles. The van der Waals surface area contributed by atoms with Gasteiger partial charge in [0.1, 0.15) is 0 Å². The summed E-state index contributed by atoms with van der Waals surface area (Å²) in [7, 11) is 0. The van der Waals surface area contributed by atoms with Gasteiger partial charge in [-0.05, 0) is 42.7 Å². The van der Waals surface area contributed by atoms with Crippen molar-refractivity contribution in [3.8, 4) is 0 Å². The Morgan fingerprint density at radius 2 is 1.85 bits per heavy atom. The van der Waals surface area contributed by atoms with E-state index in [1.807, 2.05) is 17.0 Å². The SMILES string of the molecule is O=C([C@H]1C[C@]2(COCN2)C1)N1CCC(c2ccc(CC(F)(F)F)cc2)CC1. The van der Waals surface area contributed by atoms with Crippen molar-refractivity contribution < 1.29 is 22.7 Å². The maximum absolute atomic E-state index is 12.7. The summed E-state index contributed by atoms with van der Waals surface area (Å²) in [5.41, 5.74) is 1.39. The van der Waals surface area contributed by atoms with Gasteiger partial charge < -0.3 is 9.64 Å². The van der Waals surface area contributed by atoms with Crippen LogP contribution in [-0.4, -0.2) is 48.9 Å². The summed E-state index contributed by atoms with van der Waals surface area (Å²) in [6.45, 7) is 2.72. The fourth-order valence-corrected chi connectivity index (χ4v) is 4.65. The quantitative estimate of drug-likeness (QED) is 0.873. The number of carbonyl (C=O) groups excluding carboxylic acids is 1. The average Bonchev–Trinajstić information content (AvgIpc) is 3.10. The molecular formula is C20H25F3N2O2. The first-order valence-corrected chi connectivity index (χ1v) is 9.61. The minimum atomic E-state index is -4.17. The third-order valence-electron chi connectivity index (χ3n) is 6.21. The number of benzene rings is 1. The zero-order valence-corrected chi connectivity index (χ0v) is 15.2. The van der Waals surface area contributed by atoms with Gasteiger partial charge in [-0.2, -0.15) is 13.2 Å². The summed E-state index contributed by atoms with van der Waals surface area (Å²) in [6, 6.07) is 6.77. The Hall–Kier alpha value is -1.60. The van der Waals surface area contributed by atoms with Crippen LogP contribution in [0.1, 0.15) is 42.7 Å². The summed E-state index contributed by atoms with van der Waals surface area (Å²) >= 11 is 0. The Bertz CT molecular complexity index is 667. The number of carbonyl (C=O) groups is 1. The molecule has 148 valence electrons. The topological polar surface area (TPSA) is 41.6 Å². The molecular weight excluding hydrogens is 357 g/mol. The summed E-state index contributed by atoms with van der Waals surface area (Å²) in [5.74, 6) is 0.650. The van der Waals surface area contributed by atoms with Gasteiger partial charge in [0.2, 0.25) is 5.91 Å². The molecule has 0 unspecified atom stereocenters. The van der Waals surface area contributed by atoms with Crippen molar-refractivity contribution in [1.82, 2.24) is 10.2 Å². The van der Waals surface area contributed by atoms with Crippen molar-refractivity contribution in [2.24, 2.45) is 5.92 Å². The lowest BCUT2D eigenvalue weighted by molar-refractivity contribution is -0.142. The summed E-state index contributed by atoms with van der Waals surface area (Å²) < 4.78 is 42.8. The van der Waals surface area contributed by atoms with Gasteiger partial charge >= 0.3 is 6.18 Å². The maximum atomic E-state index is 12.7. The predicted molar refractivity (Wildman–Crippen MR) is 94.2 cm³/mol.